The molecule has 0 saturated heterocycles. The summed E-state index contributed by atoms with van der Waals surface area (Å²) in [6.45, 7) is 0.0257. The maximum Gasteiger partial charge on any atom is 0.192 e. The molecule has 15 heavy (non-hydrogen) atoms. The van der Waals surface area contributed by atoms with Gasteiger partial charge in [0.25, 0.3) is 0 Å². The third-order valence-electron chi connectivity index (χ3n) is 2.48. The Kier molecular flexibility index (Phi) is 2.50. The summed E-state index contributed by atoms with van der Waals surface area (Å²) in [5, 5.41) is 1.66. The Balaban J connectivity index is 2.69. The number of aryl methyl sites for hydroxylation is 1. The van der Waals surface area contributed by atoms with Crippen molar-refractivity contribution in [2.45, 2.75) is 0 Å². The van der Waals surface area contributed by atoms with Gasteiger partial charge in [0.15, 0.2) is 5.78 Å². The lowest BCUT2D eigenvalue weighted by Gasteiger charge is -2.01. The van der Waals surface area contributed by atoms with Crippen LogP contribution in [-0.4, -0.2) is 16.9 Å². The third kappa shape index (κ3) is 1.64. The number of hydrogen-bond donors (Lipinski definition) is 1. The third-order valence-corrected chi connectivity index (χ3v) is 2.71. The fraction of sp³-hybridized carbons (Fsp3) is 0.182. The predicted octanol–water partition coefficient (Wildman–Crippen LogP) is 1.97. The number of carbonyl (C=O) groups is 1. The first-order chi connectivity index (χ1) is 7.13. The standard InChI is InChI=1S/C11H11ClN2O/c1-14-9-5-8(12)3-2-7(9)4-10(14)11(15)6-13/h2-5H,6,13H2,1H3. The number of carbonyl (C=O) groups excluding carboxylic acids is 1. The number of ketones is 1. The summed E-state index contributed by atoms with van der Waals surface area (Å²) in [5.74, 6) is -0.0650. The monoisotopic (exact) mass is 222 g/mol. The second kappa shape index (κ2) is 3.68. The fourth-order valence-electron chi connectivity index (χ4n) is 1.68. The van der Waals surface area contributed by atoms with Gasteiger partial charge >= 0.3 is 0 Å². The van der Waals surface area contributed by atoms with Crippen molar-refractivity contribution in [2.75, 3.05) is 6.54 Å². The lowest BCUT2D eigenvalue weighted by atomic mass is 10.2. The highest BCUT2D eigenvalue weighted by molar-refractivity contribution is 6.31. The van der Waals surface area contributed by atoms with Crippen molar-refractivity contribution in [2.24, 2.45) is 12.8 Å². The molecule has 0 radical (unpaired) electrons. The first kappa shape index (κ1) is 10.2. The molecule has 0 saturated carbocycles. The maximum absolute atomic E-state index is 11.5. The zero-order valence-electron chi connectivity index (χ0n) is 8.33. The van der Waals surface area contributed by atoms with Crippen LogP contribution in [0.5, 0.6) is 0 Å². The highest BCUT2D eigenvalue weighted by atomic mass is 35.5. The molecule has 4 heteroatoms. The number of aromatic nitrogens is 1. The molecule has 0 amide bonds. The Labute approximate surface area is 92.4 Å². The van der Waals surface area contributed by atoms with Crippen LogP contribution in [0.3, 0.4) is 0 Å². The molecule has 1 aromatic carbocycles. The SMILES string of the molecule is Cn1c(C(=O)CN)cc2ccc(Cl)cc21. The van der Waals surface area contributed by atoms with Crippen LogP contribution >= 0.6 is 11.6 Å². The minimum absolute atomic E-state index is 0.0257. The van der Waals surface area contributed by atoms with E-state index in [-0.39, 0.29) is 12.3 Å². The van der Waals surface area contributed by atoms with E-state index in [9.17, 15) is 4.79 Å². The van der Waals surface area contributed by atoms with E-state index >= 15 is 0 Å². The van der Waals surface area contributed by atoms with Crippen molar-refractivity contribution in [1.29, 1.82) is 0 Å². The van der Waals surface area contributed by atoms with Crippen molar-refractivity contribution >= 4 is 28.3 Å². The maximum atomic E-state index is 11.5. The molecule has 1 heterocycles. The molecule has 0 spiro atoms. The lowest BCUT2D eigenvalue weighted by Crippen LogP contribution is -2.16. The van der Waals surface area contributed by atoms with Crippen LogP contribution in [0.2, 0.25) is 5.02 Å². The Hall–Kier alpha value is -1.32. The van der Waals surface area contributed by atoms with Crippen molar-refractivity contribution < 1.29 is 4.79 Å². The molecule has 2 aromatic rings. The van der Waals surface area contributed by atoms with Crippen molar-refractivity contribution in [3.63, 3.8) is 0 Å². The molecule has 2 N–H and O–H groups in total. The molecule has 0 bridgehead atoms. The Bertz CT molecular complexity index is 531. The fourth-order valence-corrected chi connectivity index (χ4v) is 1.84. The summed E-state index contributed by atoms with van der Waals surface area (Å²) in [7, 11) is 1.83. The first-order valence-electron chi connectivity index (χ1n) is 4.61. The average Bonchev–Trinajstić information content (AvgIpc) is 2.55. The number of Topliss-reactive ketones (excluding diaryl/α,β-unsaturated/α-hetero) is 1. The zero-order chi connectivity index (χ0) is 11.0. The van der Waals surface area contributed by atoms with Gasteiger partial charge in [-0.2, -0.15) is 0 Å². The number of nitrogens with two attached hydrogens (primary N) is 1. The van der Waals surface area contributed by atoms with E-state index in [1.807, 2.05) is 29.8 Å². The van der Waals surface area contributed by atoms with Crippen LogP contribution in [-0.2, 0) is 7.05 Å². The molecule has 0 fully saturated rings. The molecule has 0 aliphatic rings. The molecule has 3 nitrogen and oxygen atoms in total. The molecule has 1 aromatic heterocycles. The van der Waals surface area contributed by atoms with Crippen molar-refractivity contribution in [1.82, 2.24) is 4.57 Å². The highest BCUT2D eigenvalue weighted by Gasteiger charge is 2.11. The van der Waals surface area contributed by atoms with Gasteiger partial charge < -0.3 is 10.3 Å². The Morgan fingerprint density at radius 2 is 2.20 bits per heavy atom. The van der Waals surface area contributed by atoms with Crippen LogP contribution in [0.1, 0.15) is 10.5 Å². The van der Waals surface area contributed by atoms with Gasteiger partial charge in [0, 0.05) is 23.0 Å². The van der Waals surface area contributed by atoms with E-state index in [0.29, 0.717) is 10.7 Å². The molecule has 0 aliphatic carbocycles. The van der Waals surface area contributed by atoms with Gasteiger partial charge in [-0.25, -0.2) is 0 Å². The van der Waals surface area contributed by atoms with Gasteiger partial charge in [-0.1, -0.05) is 17.7 Å². The molecular weight excluding hydrogens is 212 g/mol. The van der Waals surface area contributed by atoms with Crippen LogP contribution < -0.4 is 5.73 Å². The van der Waals surface area contributed by atoms with Gasteiger partial charge in [-0.05, 0) is 18.2 Å². The van der Waals surface area contributed by atoms with Gasteiger partial charge in [-0.15, -0.1) is 0 Å². The van der Waals surface area contributed by atoms with E-state index in [2.05, 4.69) is 0 Å². The van der Waals surface area contributed by atoms with Gasteiger partial charge in [0.2, 0.25) is 0 Å². The average molecular weight is 223 g/mol. The minimum atomic E-state index is -0.0650. The largest absolute Gasteiger partial charge is 0.341 e. The predicted molar refractivity (Wildman–Crippen MR) is 61.3 cm³/mol. The summed E-state index contributed by atoms with van der Waals surface area (Å²) in [6, 6.07) is 7.37. The zero-order valence-corrected chi connectivity index (χ0v) is 9.08. The molecule has 0 atom stereocenters. The number of nitrogens with zero attached hydrogens (tertiary/aromatic N) is 1. The summed E-state index contributed by atoms with van der Waals surface area (Å²) >= 11 is 5.89. The van der Waals surface area contributed by atoms with E-state index in [0.717, 1.165) is 10.9 Å². The molecule has 0 aliphatic heterocycles. The lowest BCUT2D eigenvalue weighted by molar-refractivity contribution is 0.0994. The Morgan fingerprint density at radius 3 is 2.87 bits per heavy atom. The second-order valence-electron chi connectivity index (χ2n) is 3.42. The van der Waals surface area contributed by atoms with E-state index in [4.69, 9.17) is 17.3 Å². The van der Waals surface area contributed by atoms with E-state index in [1.165, 1.54) is 0 Å². The molecule has 2 rings (SSSR count). The first-order valence-corrected chi connectivity index (χ1v) is 4.99. The second-order valence-corrected chi connectivity index (χ2v) is 3.86. The topological polar surface area (TPSA) is 48.0 Å². The van der Waals surface area contributed by atoms with Crippen molar-refractivity contribution in [3.05, 3.63) is 35.0 Å². The number of rotatable bonds is 2. The molecular formula is C11H11ClN2O. The number of benzene rings is 1. The van der Waals surface area contributed by atoms with E-state index < -0.39 is 0 Å². The van der Waals surface area contributed by atoms with Gasteiger partial charge in [-0.3, -0.25) is 4.79 Å². The van der Waals surface area contributed by atoms with Crippen LogP contribution in [0.15, 0.2) is 24.3 Å². The van der Waals surface area contributed by atoms with Gasteiger partial charge in [0.1, 0.15) is 0 Å². The van der Waals surface area contributed by atoms with Crippen molar-refractivity contribution in [3.8, 4) is 0 Å². The highest BCUT2D eigenvalue weighted by Crippen LogP contribution is 2.22. The molecule has 0 unspecified atom stereocenters. The minimum Gasteiger partial charge on any atom is -0.341 e. The van der Waals surface area contributed by atoms with Crippen LogP contribution in [0.25, 0.3) is 10.9 Å². The van der Waals surface area contributed by atoms with E-state index in [1.54, 1.807) is 6.07 Å². The Morgan fingerprint density at radius 1 is 1.47 bits per heavy atom. The quantitative estimate of drug-likeness (QED) is 0.790. The van der Waals surface area contributed by atoms with Crippen LogP contribution in [0, 0.1) is 0 Å². The summed E-state index contributed by atoms with van der Waals surface area (Å²) in [6.07, 6.45) is 0. The summed E-state index contributed by atoms with van der Waals surface area (Å²) in [5.41, 5.74) is 6.90. The number of halogens is 1. The molecule has 78 valence electrons. The smallest absolute Gasteiger partial charge is 0.192 e. The van der Waals surface area contributed by atoms with Crippen LogP contribution in [0.4, 0.5) is 0 Å². The summed E-state index contributed by atoms with van der Waals surface area (Å²) < 4.78 is 1.82. The number of hydrogen-bond acceptors (Lipinski definition) is 2. The normalized spacial score (nSPS) is 10.9. The van der Waals surface area contributed by atoms with Gasteiger partial charge in [0.05, 0.1) is 12.2 Å². The number of fused-ring (bicyclic) bond motifs is 1. The summed E-state index contributed by atoms with van der Waals surface area (Å²) in [4.78, 5) is 11.5.